The Kier molecular flexibility index (Phi) is 3.01. The number of nitrogen functional groups attached to an aromatic ring is 1. The molecule has 23 heavy (non-hydrogen) atoms. The first-order valence-electron chi connectivity index (χ1n) is 7.22. The molecule has 0 bridgehead atoms. The second-order valence-corrected chi connectivity index (χ2v) is 5.25. The van der Waals surface area contributed by atoms with E-state index in [2.05, 4.69) is 15.1 Å². The minimum absolute atomic E-state index is 0.548. The predicted octanol–water partition coefficient (Wildman–Crippen LogP) is 2.77. The Balaban J connectivity index is 2.04. The summed E-state index contributed by atoms with van der Waals surface area (Å²) in [6, 6.07) is 13.4. The van der Waals surface area contributed by atoms with E-state index in [1.807, 2.05) is 49.4 Å². The van der Waals surface area contributed by atoms with Crippen molar-refractivity contribution in [2.75, 3.05) is 5.73 Å². The fourth-order valence-electron chi connectivity index (χ4n) is 2.54. The molecular formula is C17H14N6. The second-order valence-electron chi connectivity index (χ2n) is 5.25. The monoisotopic (exact) mass is 302 g/mol. The quantitative estimate of drug-likeness (QED) is 0.615. The number of aryl methyl sites for hydroxylation is 1. The van der Waals surface area contributed by atoms with Gasteiger partial charge in [0, 0.05) is 29.4 Å². The number of para-hydroxylation sites is 1. The third-order valence-electron chi connectivity index (χ3n) is 3.58. The lowest BCUT2D eigenvalue weighted by atomic mass is 10.2. The van der Waals surface area contributed by atoms with Crippen LogP contribution in [0.15, 0.2) is 54.9 Å². The van der Waals surface area contributed by atoms with Crippen molar-refractivity contribution >= 4 is 16.7 Å². The van der Waals surface area contributed by atoms with Gasteiger partial charge in [-0.05, 0) is 31.2 Å². The molecular weight excluding hydrogens is 288 g/mol. The average Bonchev–Trinajstić information content (AvgIpc) is 2.93. The Labute approximate surface area is 132 Å². The van der Waals surface area contributed by atoms with Crippen LogP contribution in [0.2, 0.25) is 0 Å². The molecule has 112 valence electrons. The van der Waals surface area contributed by atoms with Crippen LogP contribution in [0.3, 0.4) is 0 Å². The number of nitrogens with two attached hydrogens (primary N) is 1. The number of fused-ring (bicyclic) bond motifs is 1. The van der Waals surface area contributed by atoms with Gasteiger partial charge in [0.05, 0.1) is 11.2 Å². The van der Waals surface area contributed by atoms with Gasteiger partial charge in [0.2, 0.25) is 0 Å². The van der Waals surface area contributed by atoms with Crippen LogP contribution in [0.1, 0.15) is 5.69 Å². The Morgan fingerprint density at radius 1 is 1.00 bits per heavy atom. The first-order valence-corrected chi connectivity index (χ1v) is 7.22. The van der Waals surface area contributed by atoms with E-state index in [1.54, 1.807) is 17.1 Å². The van der Waals surface area contributed by atoms with E-state index in [-0.39, 0.29) is 0 Å². The molecule has 0 atom stereocenters. The molecule has 0 saturated heterocycles. The molecule has 3 aromatic heterocycles. The minimum atomic E-state index is 0.548. The van der Waals surface area contributed by atoms with Crippen LogP contribution in [-0.4, -0.2) is 24.7 Å². The molecule has 6 nitrogen and oxygen atoms in total. The Morgan fingerprint density at radius 3 is 2.52 bits per heavy atom. The Bertz CT molecular complexity index is 991. The number of hydrogen-bond donors (Lipinski definition) is 1. The Hall–Kier alpha value is -3.28. The maximum absolute atomic E-state index is 6.08. The normalized spacial score (nSPS) is 11.0. The summed E-state index contributed by atoms with van der Waals surface area (Å²) in [6.07, 6.45) is 3.44. The fourth-order valence-corrected chi connectivity index (χ4v) is 2.54. The first-order chi connectivity index (χ1) is 11.2. The number of hydrogen-bond acceptors (Lipinski definition) is 5. The van der Waals surface area contributed by atoms with Crippen molar-refractivity contribution in [2.24, 2.45) is 0 Å². The summed E-state index contributed by atoms with van der Waals surface area (Å²) in [5, 5.41) is 5.36. The molecule has 0 saturated carbocycles. The SMILES string of the molecule is Cc1cc(N)n(-c2nc(-c3ccncc3)nc3ccccc23)n1. The van der Waals surface area contributed by atoms with Crippen LogP contribution in [0.25, 0.3) is 28.1 Å². The average molecular weight is 302 g/mol. The van der Waals surface area contributed by atoms with Gasteiger partial charge in [-0.1, -0.05) is 12.1 Å². The fraction of sp³-hybridized carbons (Fsp3) is 0.0588. The summed E-state index contributed by atoms with van der Waals surface area (Å²) in [4.78, 5) is 13.4. The zero-order chi connectivity index (χ0) is 15.8. The van der Waals surface area contributed by atoms with Gasteiger partial charge in [-0.25, -0.2) is 9.97 Å². The van der Waals surface area contributed by atoms with Gasteiger partial charge in [-0.15, -0.1) is 0 Å². The van der Waals surface area contributed by atoms with Crippen LogP contribution in [-0.2, 0) is 0 Å². The van der Waals surface area contributed by atoms with Gasteiger partial charge in [0.15, 0.2) is 11.6 Å². The van der Waals surface area contributed by atoms with E-state index in [0.717, 1.165) is 22.2 Å². The zero-order valence-electron chi connectivity index (χ0n) is 12.5. The van der Waals surface area contributed by atoms with Crippen molar-refractivity contribution in [1.29, 1.82) is 0 Å². The van der Waals surface area contributed by atoms with Gasteiger partial charge in [-0.3, -0.25) is 4.98 Å². The minimum Gasteiger partial charge on any atom is -0.384 e. The molecule has 4 aromatic rings. The first kappa shape index (κ1) is 13.4. The molecule has 0 aliphatic rings. The highest BCUT2D eigenvalue weighted by atomic mass is 15.3. The lowest BCUT2D eigenvalue weighted by Crippen LogP contribution is -2.07. The van der Waals surface area contributed by atoms with E-state index in [0.29, 0.717) is 17.5 Å². The molecule has 0 radical (unpaired) electrons. The number of aromatic nitrogens is 5. The lowest BCUT2D eigenvalue weighted by molar-refractivity contribution is 0.847. The molecule has 0 aliphatic carbocycles. The number of rotatable bonds is 2. The summed E-state index contributed by atoms with van der Waals surface area (Å²) in [5.41, 5.74) is 8.67. The molecule has 0 amide bonds. The van der Waals surface area contributed by atoms with E-state index >= 15 is 0 Å². The topological polar surface area (TPSA) is 82.5 Å². The maximum atomic E-state index is 6.08. The summed E-state index contributed by atoms with van der Waals surface area (Å²) >= 11 is 0. The summed E-state index contributed by atoms with van der Waals surface area (Å²) < 4.78 is 1.66. The van der Waals surface area contributed by atoms with Crippen molar-refractivity contribution in [2.45, 2.75) is 6.92 Å². The summed E-state index contributed by atoms with van der Waals surface area (Å²) in [6.45, 7) is 1.90. The van der Waals surface area contributed by atoms with Crippen LogP contribution < -0.4 is 5.73 Å². The lowest BCUT2D eigenvalue weighted by Gasteiger charge is -2.10. The molecule has 0 aliphatic heterocycles. The standard InChI is InChI=1S/C17H14N6/c1-11-10-15(18)23(22-11)17-13-4-2-3-5-14(13)20-16(21-17)12-6-8-19-9-7-12/h2-10H,18H2,1H3. The molecule has 0 fully saturated rings. The second kappa shape index (κ2) is 5.17. The van der Waals surface area contributed by atoms with E-state index < -0.39 is 0 Å². The highest BCUT2D eigenvalue weighted by molar-refractivity contribution is 5.87. The summed E-state index contributed by atoms with van der Waals surface area (Å²) in [5.74, 6) is 1.84. The molecule has 0 spiro atoms. The molecule has 4 rings (SSSR count). The zero-order valence-corrected chi connectivity index (χ0v) is 12.5. The van der Waals surface area contributed by atoms with Crippen LogP contribution in [0, 0.1) is 6.92 Å². The smallest absolute Gasteiger partial charge is 0.167 e. The molecule has 2 N–H and O–H groups in total. The van der Waals surface area contributed by atoms with E-state index in [1.165, 1.54) is 0 Å². The van der Waals surface area contributed by atoms with Crippen molar-refractivity contribution in [3.05, 3.63) is 60.6 Å². The third-order valence-corrected chi connectivity index (χ3v) is 3.58. The predicted molar refractivity (Wildman–Crippen MR) is 89.0 cm³/mol. The molecule has 1 aromatic carbocycles. The number of pyridine rings is 1. The number of benzene rings is 1. The van der Waals surface area contributed by atoms with Gasteiger partial charge < -0.3 is 5.73 Å². The van der Waals surface area contributed by atoms with Crippen molar-refractivity contribution in [1.82, 2.24) is 24.7 Å². The number of anilines is 1. The highest BCUT2D eigenvalue weighted by Gasteiger charge is 2.13. The largest absolute Gasteiger partial charge is 0.384 e. The van der Waals surface area contributed by atoms with Gasteiger partial charge in [0.25, 0.3) is 0 Å². The van der Waals surface area contributed by atoms with Gasteiger partial charge >= 0.3 is 0 Å². The molecule has 6 heteroatoms. The third kappa shape index (κ3) is 2.30. The molecule has 0 unspecified atom stereocenters. The maximum Gasteiger partial charge on any atom is 0.167 e. The van der Waals surface area contributed by atoms with Crippen LogP contribution in [0.4, 0.5) is 5.82 Å². The van der Waals surface area contributed by atoms with Crippen molar-refractivity contribution < 1.29 is 0 Å². The van der Waals surface area contributed by atoms with Crippen molar-refractivity contribution in [3.63, 3.8) is 0 Å². The van der Waals surface area contributed by atoms with Gasteiger partial charge in [-0.2, -0.15) is 9.78 Å². The van der Waals surface area contributed by atoms with E-state index in [4.69, 9.17) is 10.7 Å². The van der Waals surface area contributed by atoms with Crippen molar-refractivity contribution in [3.8, 4) is 17.2 Å². The number of nitrogens with zero attached hydrogens (tertiary/aromatic N) is 5. The molecule has 3 heterocycles. The van der Waals surface area contributed by atoms with Crippen LogP contribution in [0.5, 0.6) is 0 Å². The summed E-state index contributed by atoms with van der Waals surface area (Å²) in [7, 11) is 0. The van der Waals surface area contributed by atoms with Gasteiger partial charge in [0.1, 0.15) is 5.82 Å². The Morgan fingerprint density at radius 2 is 1.78 bits per heavy atom. The van der Waals surface area contributed by atoms with E-state index in [9.17, 15) is 0 Å². The van der Waals surface area contributed by atoms with Crippen LogP contribution >= 0.6 is 0 Å². The highest BCUT2D eigenvalue weighted by Crippen LogP contribution is 2.25.